The van der Waals surface area contributed by atoms with Gasteiger partial charge in [0.1, 0.15) is 11.3 Å². The molecular formula is C15H13ClN2O3. The second-order valence-corrected chi connectivity index (χ2v) is 5.45. The molecule has 0 spiro atoms. The lowest BCUT2D eigenvalue weighted by atomic mass is 10.1. The second kappa shape index (κ2) is 5.33. The van der Waals surface area contributed by atoms with E-state index in [0.717, 1.165) is 24.0 Å². The molecule has 0 amide bonds. The Morgan fingerprint density at radius 3 is 2.81 bits per heavy atom. The molecule has 1 aliphatic rings. The minimum atomic E-state index is -1.15. The first kappa shape index (κ1) is 13.8. The van der Waals surface area contributed by atoms with E-state index in [1.165, 1.54) is 6.07 Å². The van der Waals surface area contributed by atoms with Crippen LogP contribution >= 0.6 is 11.6 Å². The van der Waals surface area contributed by atoms with E-state index in [-0.39, 0.29) is 16.6 Å². The SMILES string of the molecule is Cc1cccc(C2CC2)c1Oc1nnc(Cl)cc1C(=O)O. The molecule has 5 nitrogen and oxygen atoms in total. The summed E-state index contributed by atoms with van der Waals surface area (Å²) >= 11 is 5.69. The Bertz CT molecular complexity index is 714. The molecule has 0 unspecified atom stereocenters. The third-order valence-electron chi connectivity index (χ3n) is 3.42. The van der Waals surface area contributed by atoms with E-state index < -0.39 is 5.97 Å². The normalized spacial score (nSPS) is 14.0. The van der Waals surface area contributed by atoms with Gasteiger partial charge in [-0.3, -0.25) is 0 Å². The average molecular weight is 305 g/mol. The van der Waals surface area contributed by atoms with Crippen molar-refractivity contribution >= 4 is 17.6 Å². The Hall–Kier alpha value is -2.14. The van der Waals surface area contributed by atoms with Crippen LogP contribution in [0.15, 0.2) is 24.3 Å². The first-order valence-electron chi connectivity index (χ1n) is 6.60. The van der Waals surface area contributed by atoms with Gasteiger partial charge in [-0.2, -0.15) is 0 Å². The van der Waals surface area contributed by atoms with Crippen LogP contribution in [0.1, 0.15) is 40.2 Å². The molecule has 21 heavy (non-hydrogen) atoms. The Balaban J connectivity index is 2.03. The van der Waals surface area contributed by atoms with Crippen LogP contribution in [0.25, 0.3) is 0 Å². The summed E-state index contributed by atoms with van der Waals surface area (Å²) in [5.74, 6) is -0.0426. The highest BCUT2D eigenvalue weighted by Gasteiger charge is 2.28. The number of aryl methyl sites for hydroxylation is 1. The molecule has 1 N–H and O–H groups in total. The third kappa shape index (κ3) is 2.83. The zero-order valence-corrected chi connectivity index (χ0v) is 12.1. The minimum Gasteiger partial charge on any atom is -0.477 e. The van der Waals surface area contributed by atoms with E-state index in [2.05, 4.69) is 10.2 Å². The zero-order chi connectivity index (χ0) is 15.0. The molecule has 6 heteroatoms. The van der Waals surface area contributed by atoms with Gasteiger partial charge in [-0.1, -0.05) is 29.8 Å². The van der Waals surface area contributed by atoms with Gasteiger partial charge in [-0.05, 0) is 42.9 Å². The van der Waals surface area contributed by atoms with E-state index in [4.69, 9.17) is 16.3 Å². The van der Waals surface area contributed by atoms with Crippen LogP contribution in [-0.4, -0.2) is 21.3 Å². The Morgan fingerprint density at radius 2 is 2.14 bits per heavy atom. The molecule has 0 atom stereocenters. The maximum absolute atomic E-state index is 11.3. The number of halogens is 1. The Kier molecular flexibility index (Phi) is 3.51. The summed E-state index contributed by atoms with van der Waals surface area (Å²) < 4.78 is 5.78. The van der Waals surface area contributed by atoms with Gasteiger partial charge in [0, 0.05) is 0 Å². The largest absolute Gasteiger partial charge is 0.477 e. The molecule has 1 heterocycles. The fourth-order valence-corrected chi connectivity index (χ4v) is 2.36. The van der Waals surface area contributed by atoms with Crippen molar-refractivity contribution in [2.75, 3.05) is 0 Å². The maximum Gasteiger partial charge on any atom is 0.341 e. The highest BCUT2D eigenvalue weighted by molar-refractivity contribution is 6.29. The van der Waals surface area contributed by atoms with Gasteiger partial charge >= 0.3 is 5.97 Å². The standard InChI is InChI=1S/C15H13ClN2O3/c1-8-3-2-4-10(9-5-6-9)13(8)21-14-11(15(19)20)7-12(16)17-18-14/h2-4,7,9H,5-6H2,1H3,(H,19,20). The van der Waals surface area contributed by atoms with Crippen LogP contribution in [0.4, 0.5) is 0 Å². The van der Waals surface area contributed by atoms with E-state index in [1.54, 1.807) is 0 Å². The number of benzene rings is 1. The van der Waals surface area contributed by atoms with E-state index in [1.807, 2.05) is 25.1 Å². The van der Waals surface area contributed by atoms with Crippen molar-refractivity contribution in [1.82, 2.24) is 10.2 Å². The molecule has 0 radical (unpaired) electrons. The van der Waals surface area contributed by atoms with Gasteiger partial charge in [-0.15, -0.1) is 10.2 Å². The van der Waals surface area contributed by atoms with Crippen LogP contribution in [0.3, 0.4) is 0 Å². The zero-order valence-electron chi connectivity index (χ0n) is 11.3. The summed E-state index contributed by atoms with van der Waals surface area (Å²) in [5, 5.41) is 16.7. The number of ether oxygens (including phenoxy) is 1. The molecular weight excluding hydrogens is 292 g/mol. The Morgan fingerprint density at radius 1 is 1.38 bits per heavy atom. The van der Waals surface area contributed by atoms with Crippen molar-refractivity contribution in [3.05, 3.63) is 46.1 Å². The summed E-state index contributed by atoms with van der Waals surface area (Å²) in [6, 6.07) is 7.14. The molecule has 0 saturated heterocycles. The summed E-state index contributed by atoms with van der Waals surface area (Å²) in [6.07, 6.45) is 2.25. The maximum atomic E-state index is 11.3. The minimum absolute atomic E-state index is 0.0203. The van der Waals surface area contributed by atoms with Crippen molar-refractivity contribution in [1.29, 1.82) is 0 Å². The molecule has 1 saturated carbocycles. The first-order chi connectivity index (χ1) is 10.1. The van der Waals surface area contributed by atoms with E-state index in [9.17, 15) is 9.90 Å². The molecule has 1 fully saturated rings. The van der Waals surface area contributed by atoms with Gasteiger partial charge in [0.25, 0.3) is 5.88 Å². The van der Waals surface area contributed by atoms with Gasteiger partial charge < -0.3 is 9.84 Å². The molecule has 0 aliphatic heterocycles. The van der Waals surface area contributed by atoms with Crippen LogP contribution < -0.4 is 4.74 Å². The highest BCUT2D eigenvalue weighted by atomic mass is 35.5. The molecule has 3 rings (SSSR count). The van der Waals surface area contributed by atoms with Gasteiger partial charge in [0.05, 0.1) is 0 Å². The smallest absolute Gasteiger partial charge is 0.341 e. The topological polar surface area (TPSA) is 72.3 Å². The number of carboxylic acids is 1. The molecule has 0 bridgehead atoms. The number of carbonyl (C=O) groups is 1. The summed E-state index contributed by atoms with van der Waals surface area (Å²) in [7, 11) is 0. The highest BCUT2D eigenvalue weighted by Crippen LogP contribution is 2.46. The first-order valence-corrected chi connectivity index (χ1v) is 6.98. The summed E-state index contributed by atoms with van der Waals surface area (Å²) in [5.41, 5.74) is 1.93. The molecule has 1 aromatic heterocycles. The van der Waals surface area contributed by atoms with Crippen LogP contribution in [0.5, 0.6) is 11.6 Å². The van der Waals surface area contributed by atoms with Crippen molar-refractivity contribution < 1.29 is 14.6 Å². The predicted molar refractivity (Wildman–Crippen MR) is 77.2 cm³/mol. The number of hydrogen-bond donors (Lipinski definition) is 1. The monoisotopic (exact) mass is 304 g/mol. The van der Waals surface area contributed by atoms with Crippen molar-refractivity contribution in [2.45, 2.75) is 25.7 Å². The average Bonchev–Trinajstić information content (AvgIpc) is 3.27. The van der Waals surface area contributed by atoms with Crippen molar-refractivity contribution in [3.63, 3.8) is 0 Å². The number of aromatic carboxylic acids is 1. The van der Waals surface area contributed by atoms with Gasteiger partial charge in [0.15, 0.2) is 5.15 Å². The van der Waals surface area contributed by atoms with Crippen LogP contribution in [0, 0.1) is 6.92 Å². The second-order valence-electron chi connectivity index (χ2n) is 5.06. The van der Waals surface area contributed by atoms with Gasteiger partial charge in [-0.25, -0.2) is 4.79 Å². The number of hydrogen-bond acceptors (Lipinski definition) is 4. The lowest BCUT2D eigenvalue weighted by molar-refractivity contribution is 0.0693. The number of rotatable bonds is 4. The Labute approximate surface area is 126 Å². The number of aromatic nitrogens is 2. The fraction of sp³-hybridized carbons (Fsp3) is 0.267. The summed E-state index contributed by atoms with van der Waals surface area (Å²) in [4.78, 5) is 11.3. The summed E-state index contributed by atoms with van der Waals surface area (Å²) in [6.45, 7) is 1.92. The van der Waals surface area contributed by atoms with Crippen molar-refractivity contribution in [2.24, 2.45) is 0 Å². The van der Waals surface area contributed by atoms with E-state index >= 15 is 0 Å². The van der Waals surface area contributed by atoms with Crippen LogP contribution in [0.2, 0.25) is 5.15 Å². The third-order valence-corrected chi connectivity index (χ3v) is 3.60. The van der Waals surface area contributed by atoms with Crippen LogP contribution in [-0.2, 0) is 0 Å². The quantitative estimate of drug-likeness (QED) is 0.930. The number of carboxylic acid groups (broad SMARTS) is 1. The number of nitrogens with zero attached hydrogens (tertiary/aromatic N) is 2. The van der Waals surface area contributed by atoms with Gasteiger partial charge in [0.2, 0.25) is 0 Å². The lowest BCUT2D eigenvalue weighted by Gasteiger charge is -2.13. The lowest BCUT2D eigenvalue weighted by Crippen LogP contribution is -2.05. The fourth-order valence-electron chi connectivity index (χ4n) is 2.21. The molecule has 1 aromatic carbocycles. The van der Waals surface area contributed by atoms with Crippen molar-refractivity contribution in [3.8, 4) is 11.6 Å². The molecule has 2 aromatic rings. The van der Waals surface area contributed by atoms with E-state index in [0.29, 0.717) is 11.7 Å². The molecule has 1 aliphatic carbocycles. The number of para-hydroxylation sites is 1. The predicted octanol–water partition coefficient (Wildman–Crippen LogP) is 3.81. The molecule has 108 valence electrons.